The van der Waals surface area contributed by atoms with Gasteiger partial charge >= 0.3 is 6.09 Å². The zero-order valence-corrected chi connectivity index (χ0v) is 13.2. The smallest absolute Gasteiger partial charge is 0.410 e. The minimum atomic E-state index is -0.439. The minimum Gasteiger partial charge on any atom is -0.444 e. The highest BCUT2D eigenvalue weighted by Gasteiger charge is 2.30. The van der Waals surface area contributed by atoms with Crippen molar-refractivity contribution in [2.24, 2.45) is 0 Å². The molecule has 20 heavy (non-hydrogen) atoms. The van der Waals surface area contributed by atoms with Crippen molar-refractivity contribution < 1.29 is 9.53 Å². The number of hydrogen-bond donors (Lipinski definition) is 0. The summed E-state index contributed by atoms with van der Waals surface area (Å²) < 4.78 is 5.43. The van der Waals surface area contributed by atoms with Gasteiger partial charge in [-0.25, -0.2) is 4.79 Å². The molecule has 0 spiro atoms. The molecule has 0 saturated carbocycles. The number of carbonyl (C=O) groups excluding carboxylic acids is 1. The lowest BCUT2D eigenvalue weighted by atomic mass is 10.1. The van der Waals surface area contributed by atoms with Gasteiger partial charge in [0.05, 0.1) is 6.07 Å². The Morgan fingerprint density at radius 1 is 1.35 bits per heavy atom. The third-order valence-electron chi connectivity index (χ3n) is 3.35. The van der Waals surface area contributed by atoms with E-state index in [1.807, 2.05) is 25.7 Å². The van der Waals surface area contributed by atoms with Crippen LogP contribution in [0.3, 0.4) is 0 Å². The lowest BCUT2D eigenvalue weighted by molar-refractivity contribution is 0.00136. The molecule has 0 N–H and O–H groups in total. The molecule has 0 aliphatic carbocycles. The van der Waals surface area contributed by atoms with Crippen molar-refractivity contribution in [1.82, 2.24) is 9.80 Å². The molecule has 0 aromatic rings. The summed E-state index contributed by atoms with van der Waals surface area (Å²) in [4.78, 5) is 16.3. The largest absolute Gasteiger partial charge is 0.444 e. The van der Waals surface area contributed by atoms with E-state index in [0.717, 1.165) is 32.5 Å². The van der Waals surface area contributed by atoms with Gasteiger partial charge in [0.1, 0.15) is 5.60 Å². The van der Waals surface area contributed by atoms with E-state index in [0.29, 0.717) is 13.0 Å². The first kappa shape index (κ1) is 16.8. The zero-order chi connectivity index (χ0) is 15.2. The highest BCUT2D eigenvalue weighted by atomic mass is 16.6. The molecule has 0 radical (unpaired) electrons. The Hall–Kier alpha value is -1.28. The normalized spacial score (nSPS) is 20.6. The molecule has 114 valence electrons. The first-order valence-electron chi connectivity index (χ1n) is 7.42. The van der Waals surface area contributed by atoms with Crippen LogP contribution in [0.25, 0.3) is 0 Å². The van der Waals surface area contributed by atoms with Gasteiger partial charge < -0.3 is 9.64 Å². The first-order chi connectivity index (χ1) is 9.33. The van der Waals surface area contributed by atoms with Gasteiger partial charge in [0, 0.05) is 32.1 Å². The number of nitrogens with zero attached hydrogens (tertiary/aromatic N) is 3. The Bertz CT molecular complexity index is 357. The molecule has 1 aliphatic heterocycles. The summed E-state index contributed by atoms with van der Waals surface area (Å²) in [5.74, 6) is 0. The summed E-state index contributed by atoms with van der Waals surface area (Å²) in [6.07, 6.45) is 2.42. The van der Waals surface area contributed by atoms with Gasteiger partial charge in [-0.3, -0.25) is 4.90 Å². The van der Waals surface area contributed by atoms with Crippen molar-refractivity contribution in [1.29, 1.82) is 5.26 Å². The SMILES string of the molecule is C[C@H]1CN(CCCCC#N)CCN1C(=O)OC(C)(C)C. The zero-order valence-electron chi connectivity index (χ0n) is 13.2. The van der Waals surface area contributed by atoms with Crippen molar-refractivity contribution >= 4 is 6.09 Å². The fourth-order valence-corrected chi connectivity index (χ4v) is 2.37. The van der Waals surface area contributed by atoms with E-state index < -0.39 is 5.60 Å². The second kappa shape index (κ2) is 7.49. The van der Waals surface area contributed by atoms with Crippen LogP contribution in [0.15, 0.2) is 0 Å². The van der Waals surface area contributed by atoms with Gasteiger partial charge in [-0.2, -0.15) is 5.26 Å². The molecule has 1 rings (SSSR count). The second-order valence-corrected chi connectivity index (χ2v) is 6.44. The van der Waals surface area contributed by atoms with E-state index in [4.69, 9.17) is 10.00 Å². The molecule has 1 heterocycles. The second-order valence-electron chi connectivity index (χ2n) is 6.44. The van der Waals surface area contributed by atoms with Crippen LogP contribution in [-0.4, -0.2) is 53.7 Å². The number of amides is 1. The lowest BCUT2D eigenvalue weighted by Gasteiger charge is -2.40. The van der Waals surface area contributed by atoms with E-state index in [-0.39, 0.29) is 12.1 Å². The van der Waals surface area contributed by atoms with E-state index >= 15 is 0 Å². The van der Waals surface area contributed by atoms with E-state index in [9.17, 15) is 4.79 Å². The monoisotopic (exact) mass is 281 g/mol. The average Bonchev–Trinajstić information content (AvgIpc) is 2.32. The molecule has 0 aromatic carbocycles. The van der Waals surface area contributed by atoms with Crippen molar-refractivity contribution in [2.75, 3.05) is 26.2 Å². The predicted molar refractivity (Wildman–Crippen MR) is 78.3 cm³/mol. The summed E-state index contributed by atoms with van der Waals surface area (Å²) in [5.41, 5.74) is -0.439. The topological polar surface area (TPSA) is 56.6 Å². The molecular weight excluding hydrogens is 254 g/mol. The molecule has 0 aromatic heterocycles. The minimum absolute atomic E-state index is 0.176. The van der Waals surface area contributed by atoms with Gasteiger partial charge in [0.2, 0.25) is 0 Å². The lowest BCUT2D eigenvalue weighted by Crippen LogP contribution is -2.55. The van der Waals surface area contributed by atoms with Crippen LogP contribution in [0.2, 0.25) is 0 Å². The van der Waals surface area contributed by atoms with E-state index in [1.54, 1.807) is 0 Å². The maximum atomic E-state index is 12.1. The Kier molecular flexibility index (Phi) is 6.28. The fraction of sp³-hybridized carbons (Fsp3) is 0.867. The van der Waals surface area contributed by atoms with E-state index in [1.165, 1.54) is 0 Å². The maximum Gasteiger partial charge on any atom is 0.410 e. The van der Waals surface area contributed by atoms with Crippen LogP contribution in [0.1, 0.15) is 47.0 Å². The van der Waals surface area contributed by atoms with Gasteiger partial charge in [0.15, 0.2) is 0 Å². The predicted octanol–water partition coefficient (Wildman–Crippen LogP) is 2.62. The molecule has 5 heteroatoms. The Morgan fingerprint density at radius 2 is 2.05 bits per heavy atom. The fourth-order valence-electron chi connectivity index (χ4n) is 2.37. The van der Waals surface area contributed by atoms with Crippen molar-refractivity contribution in [3.05, 3.63) is 0 Å². The average molecular weight is 281 g/mol. The first-order valence-corrected chi connectivity index (χ1v) is 7.42. The van der Waals surface area contributed by atoms with Crippen LogP contribution in [0.4, 0.5) is 4.79 Å². The molecular formula is C15H27N3O2. The third-order valence-corrected chi connectivity index (χ3v) is 3.35. The Morgan fingerprint density at radius 3 is 2.60 bits per heavy atom. The maximum absolute atomic E-state index is 12.1. The molecule has 1 atom stereocenters. The van der Waals surface area contributed by atoms with Crippen molar-refractivity contribution in [3.63, 3.8) is 0 Å². The number of ether oxygens (including phenoxy) is 1. The summed E-state index contributed by atoms with van der Waals surface area (Å²) in [5, 5.41) is 8.51. The number of hydrogen-bond acceptors (Lipinski definition) is 4. The summed E-state index contributed by atoms with van der Waals surface area (Å²) in [6, 6.07) is 2.35. The third kappa shape index (κ3) is 5.79. The van der Waals surface area contributed by atoms with Gasteiger partial charge in [-0.15, -0.1) is 0 Å². The standard InChI is InChI=1S/C15H27N3O2/c1-13-12-17(9-7-5-6-8-16)10-11-18(13)14(19)20-15(2,3)4/h13H,5-7,9-12H2,1-4H3/t13-/m0/s1. The number of carbonyl (C=O) groups is 1. The van der Waals surface area contributed by atoms with Crippen molar-refractivity contribution in [3.8, 4) is 6.07 Å². The van der Waals surface area contributed by atoms with Gasteiger partial charge in [0.25, 0.3) is 0 Å². The number of unbranched alkanes of at least 4 members (excludes halogenated alkanes) is 2. The molecule has 0 bridgehead atoms. The number of nitriles is 1. The Labute approximate surface area is 122 Å². The van der Waals surface area contributed by atoms with Crippen LogP contribution in [-0.2, 0) is 4.74 Å². The van der Waals surface area contributed by atoms with Crippen molar-refractivity contribution in [2.45, 2.75) is 58.6 Å². The van der Waals surface area contributed by atoms with Crippen LogP contribution < -0.4 is 0 Å². The molecule has 1 amide bonds. The molecule has 1 aliphatic rings. The summed E-state index contributed by atoms with van der Waals surface area (Å²) in [7, 11) is 0. The number of rotatable bonds is 4. The van der Waals surface area contributed by atoms with Gasteiger partial charge in [-0.1, -0.05) is 0 Å². The van der Waals surface area contributed by atoms with Crippen LogP contribution >= 0.6 is 0 Å². The van der Waals surface area contributed by atoms with Gasteiger partial charge in [-0.05, 0) is 47.1 Å². The highest BCUT2D eigenvalue weighted by Crippen LogP contribution is 2.16. The molecule has 1 fully saturated rings. The molecule has 1 saturated heterocycles. The molecule has 5 nitrogen and oxygen atoms in total. The van der Waals surface area contributed by atoms with E-state index in [2.05, 4.69) is 17.9 Å². The summed E-state index contributed by atoms with van der Waals surface area (Å²) in [6.45, 7) is 11.2. The quantitative estimate of drug-likeness (QED) is 0.743. The highest BCUT2D eigenvalue weighted by molar-refractivity contribution is 5.68. The summed E-state index contributed by atoms with van der Waals surface area (Å²) >= 11 is 0. The number of piperazine rings is 1. The molecule has 0 unspecified atom stereocenters. The van der Waals surface area contributed by atoms with Crippen LogP contribution in [0, 0.1) is 11.3 Å². The van der Waals surface area contributed by atoms with Crippen LogP contribution in [0.5, 0.6) is 0 Å². The Balaban J connectivity index is 2.36.